The second-order valence-electron chi connectivity index (χ2n) is 4.61. The van der Waals surface area contributed by atoms with Crippen LogP contribution in [0.5, 0.6) is 5.75 Å². The molecule has 1 heterocycles. The van der Waals surface area contributed by atoms with Crippen molar-refractivity contribution in [2.45, 2.75) is 19.4 Å². The van der Waals surface area contributed by atoms with Crippen LogP contribution in [0.4, 0.5) is 0 Å². The first kappa shape index (κ1) is 15.8. The van der Waals surface area contributed by atoms with Gasteiger partial charge in [0.1, 0.15) is 5.75 Å². The quantitative estimate of drug-likeness (QED) is 0.885. The third-order valence-corrected chi connectivity index (χ3v) is 3.27. The number of carbonyl (C=O) groups excluding carboxylic acids is 1. The number of methoxy groups -OCH3 is 1. The lowest BCUT2D eigenvalue weighted by Gasteiger charge is -2.21. The van der Waals surface area contributed by atoms with Crippen molar-refractivity contribution in [1.29, 1.82) is 0 Å². The second-order valence-corrected chi connectivity index (χ2v) is 4.61. The van der Waals surface area contributed by atoms with E-state index in [4.69, 9.17) is 4.74 Å². The van der Waals surface area contributed by atoms with Crippen molar-refractivity contribution >= 4 is 18.3 Å². The van der Waals surface area contributed by atoms with Gasteiger partial charge >= 0.3 is 0 Å². The van der Waals surface area contributed by atoms with Crippen molar-refractivity contribution in [2.75, 3.05) is 20.2 Å². The highest BCUT2D eigenvalue weighted by Crippen LogP contribution is 2.13. The number of rotatable bonds is 4. The fourth-order valence-corrected chi connectivity index (χ4v) is 2.19. The summed E-state index contributed by atoms with van der Waals surface area (Å²) in [5.41, 5.74) is 1.06. The number of amides is 1. The summed E-state index contributed by atoms with van der Waals surface area (Å²) in [6.07, 6.45) is 2.06. The Kier molecular flexibility index (Phi) is 6.67. The van der Waals surface area contributed by atoms with E-state index >= 15 is 0 Å². The Morgan fingerprint density at radius 1 is 1.53 bits per heavy atom. The van der Waals surface area contributed by atoms with Gasteiger partial charge in [0.2, 0.25) is 5.91 Å². The van der Waals surface area contributed by atoms with Crippen LogP contribution in [0, 0.1) is 5.92 Å². The molecule has 0 aromatic heterocycles. The molecular weight excluding hydrogens is 264 g/mol. The number of benzene rings is 1. The number of piperidine rings is 1. The molecule has 0 bridgehead atoms. The Hall–Kier alpha value is -1.26. The fraction of sp³-hybridized carbons (Fsp3) is 0.500. The Labute approximate surface area is 120 Å². The number of nitrogens with one attached hydrogen (secondary N) is 2. The van der Waals surface area contributed by atoms with Crippen molar-refractivity contribution < 1.29 is 9.53 Å². The molecule has 106 valence electrons. The predicted molar refractivity (Wildman–Crippen MR) is 77.7 cm³/mol. The molecule has 1 atom stereocenters. The summed E-state index contributed by atoms with van der Waals surface area (Å²) in [7, 11) is 1.64. The first-order chi connectivity index (χ1) is 8.79. The number of ether oxygens (including phenoxy) is 1. The minimum absolute atomic E-state index is 0. The molecule has 1 aromatic rings. The summed E-state index contributed by atoms with van der Waals surface area (Å²) in [5, 5.41) is 6.24. The zero-order valence-electron chi connectivity index (χ0n) is 11.1. The smallest absolute Gasteiger partial charge is 0.224 e. The summed E-state index contributed by atoms with van der Waals surface area (Å²) in [4.78, 5) is 11.9. The molecule has 1 aliphatic rings. The van der Waals surface area contributed by atoms with Crippen molar-refractivity contribution in [3.05, 3.63) is 29.8 Å². The molecule has 0 spiro atoms. The molecule has 1 amide bonds. The molecule has 1 fully saturated rings. The van der Waals surface area contributed by atoms with Gasteiger partial charge in [0.05, 0.1) is 13.0 Å². The summed E-state index contributed by atoms with van der Waals surface area (Å²) in [6, 6.07) is 7.76. The standard InChI is InChI=1S/C14H20N2O2.ClH/c1-18-13-6-2-4-11(8-13)9-16-14(17)12-5-3-7-15-10-12;/h2,4,6,8,12,15H,3,5,7,9-10H2,1H3,(H,16,17);1H. The van der Waals surface area contributed by atoms with E-state index in [1.807, 2.05) is 24.3 Å². The monoisotopic (exact) mass is 284 g/mol. The third-order valence-electron chi connectivity index (χ3n) is 3.27. The van der Waals surface area contributed by atoms with E-state index in [2.05, 4.69) is 10.6 Å². The van der Waals surface area contributed by atoms with Crippen LogP contribution in [0.25, 0.3) is 0 Å². The molecular formula is C14H21ClN2O2. The summed E-state index contributed by atoms with van der Waals surface area (Å²) >= 11 is 0. The normalized spacial score (nSPS) is 18.3. The highest BCUT2D eigenvalue weighted by molar-refractivity contribution is 5.85. The number of hydrogen-bond acceptors (Lipinski definition) is 3. The highest BCUT2D eigenvalue weighted by atomic mass is 35.5. The zero-order valence-corrected chi connectivity index (χ0v) is 12.0. The Morgan fingerprint density at radius 3 is 3.05 bits per heavy atom. The second kappa shape index (κ2) is 8.02. The average Bonchev–Trinajstić information content (AvgIpc) is 2.46. The SMILES string of the molecule is COc1cccc(CNC(=O)C2CCCNC2)c1.Cl. The van der Waals surface area contributed by atoms with Gasteiger partial charge in [-0.3, -0.25) is 4.79 Å². The number of hydrogen-bond donors (Lipinski definition) is 2. The van der Waals surface area contributed by atoms with Gasteiger partial charge in [-0.15, -0.1) is 12.4 Å². The van der Waals surface area contributed by atoms with Crippen LogP contribution in [-0.4, -0.2) is 26.1 Å². The van der Waals surface area contributed by atoms with E-state index in [1.165, 1.54) is 0 Å². The molecule has 19 heavy (non-hydrogen) atoms. The summed E-state index contributed by atoms with van der Waals surface area (Å²) in [6.45, 7) is 2.39. The van der Waals surface area contributed by atoms with Gasteiger partial charge in [0, 0.05) is 13.1 Å². The molecule has 4 nitrogen and oxygen atoms in total. The molecule has 1 unspecified atom stereocenters. The molecule has 0 radical (unpaired) electrons. The maximum atomic E-state index is 11.9. The van der Waals surface area contributed by atoms with Crippen molar-refractivity contribution in [3.8, 4) is 5.75 Å². The van der Waals surface area contributed by atoms with Crippen LogP contribution >= 0.6 is 12.4 Å². The molecule has 1 aliphatic heterocycles. The van der Waals surface area contributed by atoms with Crippen LogP contribution < -0.4 is 15.4 Å². The minimum Gasteiger partial charge on any atom is -0.497 e. The molecule has 2 N–H and O–H groups in total. The van der Waals surface area contributed by atoms with Crippen molar-refractivity contribution in [2.24, 2.45) is 5.92 Å². The lowest BCUT2D eigenvalue weighted by molar-refractivity contribution is -0.125. The van der Waals surface area contributed by atoms with Crippen LogP contribution in [0.3, 0.4) is 0 Å². The number of halogens is 1. The van der Waals surface area contributed by atoms with Crippen LogP contribution in [-0.2, 0) is 11.3 Å². The van der Waals surface area contributed by atoms with Crippen molar-refractivity contribution in [3.63, 3.8) is 0 Å². The topological polar surface area (TPSA) is 50.4 Å². The predicted octanol–water partition coefficient (Wildman–Crippen LogP) is 1.73. The van der Waals surface area contributed by atoms with Crippen LogP contribution in [0.15, 0.2) is 24.3 Å². The molecule has 0 saturated carbocycles. The van der Waals surface area contributed by atoms with E-state index in [1.54, 1.807) is 7.11 Å². The number of carbonyl (C=O) groups is 1. The highest BCUT2D eigenvalue weighted by Gasteiger charge is 2.20. The first-order valence-electron chi connectivity index (χ1n) is 6.41. The maximum Gasteiger partial charge on any atom is 0.224 e. The Morgan fingerprint density at radius 2 is 2.37 bits per heavy atom. The van der Waals surface area contributed by atoms with E-state index < -0.39 is 0 Å². The summed E-state index contributed by atoms with van der Waals surface area (Å²) in [5.74, 6) is 1.08. The molecule has 0 aliphatic carbocycles. The van der Waals surface area contributed by atoms with Crippen LogP contribution in [0.2, 0.25) is 0 Å². The van der Waals surface area contributed by atoms with Gasteiger partial charge in [-0.05, 0) is 37.1 Å². The van der Waals surface area contributed by atoms with Crippen LogP contribution in [0.1, 0.15) is 18.4 Å². The van der Waals surface area contributed by atoms with E-state index in [9.17, 15) is 4.79 Å². The lowest BCUT2D eigenvalue weighted by atomic mass is 9.99. The fourth-order valence-electron chi connectivity index (χ4n) is 2.19. The molecule has 1 aromatic carbocycles. The Bertz CT molecular complexity index is 406. The Balaban J connectivity index is 0.00000180. The third kappa shape index (κ3) is 4.73. The molecule has 1 saturated heterocycles. The van der Waals surface area contributed by atoms with Gasteiger partial charge in [0.15, 0.2) is 0 Å². The minimum atomic E-state index is 0. The summed E-state index contributed by atoms with van der Waals surface area (Å²) < 4.78 is 5.16. The van der Waals surface area contributed by atoms with E-state index in [0.717, 1.165) is 37.2 Å². The van der Waals surface area contributed by atoms with Gasteiger partial charge < -0.3 is 15.4 Å². The maximum absolute atomic E-state index is 11.9. The largest absolute Gasteiger partial charge is 0.497 e. The zero-order chi connectivity index (χ0) is 12.8. The first-order valence-corrected chi connectivity index (χ1v) is 6.41. The average molecular weight is 285 g/mol. The van der Waals surface area contributed by atoms with Gasteiger partial charge in [-0.1, -0.05) is 12.1 Å². The van der Waals surface area contributed by atoms with E-state index in [-0.39, 0.29) is 24.2 Å². The molecule has 5 heteroatoms. The van der Waals surface area contributed by atoms with E-state index in [0.29, 0.717) is 6.54 Å². The van der Waals surface area contributed by atoms with Crippen molar-refractivity contribution in [1.82, 2.24) is 10.6 Å². The van der Waals surface area contributed by atoms with Gasteiger partial charge in [-0.25, -0.2) is 0 Å². The van der Waals surface area contributed by atoms with Gasteiger partial charge in [0.25, 0.3) is 0 Å². The molecule has 2 rings (SSSR count). The van der Waals surface area contributed by atoms with Gasteiger partial charge in [-0.2, -0.15) is 0 Å². The lowest BCUT2D eigenvalue weighted by Crippen LogP contribution is -2.40.